The van der Waals surface area contributed by atoms with Gasteiger partial charge in [-0.2, -0.15) is 13.2 Å². The van der Waals surface area contributed by atoms with Gasteiger partial charge in [-0.05, 0) is 6.07 Å². The lowest BCUT2D eigenvalue weighted by Gasteiger charge is -2.14. The minimum atomic E-state index is -5.39. The number of carbonyl (C=O) groups excluding carboxylic acids is 1. The van der Waals surface area contributed by atoms with Crippen molar-refractivity contribution in [3.8, 4) is 5.75 Å². The summed E-state index contributed by atoms with van der Waals surface area (Å²) in [6, 6.07) is 0.0716. The average Bonchev–Trinajstić information content (AvgIpc) is 2.16. The number of rotatable bonds is 2. The Balaban J connectivity index is 3.45. The van der Waals surface area contributed by atoms with Gasteiger partial charge in [-0.1, -0.05) is 0 Å². The number of H-pyrrole nitrogens is 1. The van der Waals surface area contributed by atoms with Crippen LogP contribution in [0.25, 0.3) is 0 Å². The number of aldehydes is 1. The fraction of sp³-hybridized carbons (Fsp3) is 0.250. The van der Waals surface area contributed by atoms with E-state index >= 15 is 0 Å². The number of hydrogen-bond donors (Lipinski definition) is 1. The summed E-state index contributed by atoms with van der Waals surface area (Å²) in [6.07, 6.45) is -10.8. The molecule has 0 unspecified atom stereocenters. The van der Waals surface area contributed by atoms with Crippen LogP contribution in [0.3, 0.4) is 0 Å². The standard InChI is InChI=1S/C8H3F6NO3/c9-7(10,11)5-4(18-8(12,13)14)1-3(2-16)6(17)15-5/h1-2H,(H,15,17). The van der Waals surface area contributed by atoms with Crippen molar-refractivity contribution in [2.75, 3.05) is 0 Å². The van der Waals surface area contributed by atoms with Crippen LogP contribution in [0.4, 0.5) is 26.3 Å². The SMILES string of the molecule is O=Cc1cc(OC(F)(F)F)c(C(F)(F)F)[nH]c1=O. The molecule has 100 valence electrons. The van der Waals surface area contributed by atoms with E-state index in [0.717, 1.165) is 4.98 Å². The topological polar surface area (TPSA) is 59.2 Å². The Morgan fingerprint density at radius 1 is 1.17 bits per heavy atom. The maximum Gasteiger partial charge on any atom is 0.573 e. The van der Waals surface area contributed by atoms with Crippen LogP contribution in [-0.2, 0) is 6.18 Å². The zero-order valence-electron chi connectivity index (χ0n) is 8.15. The van der Waals surface area contributed by atoms with Crippen molar-refractivity contribution in [3.63, 3.8) is 0 Å². The van der Waals surface area contributed by atoms with Crippen LogP contribution in [0.2, 0.25) is 0 Å². The van der Waals surface area contributed by atoms with Gasteiger partial charge in [0, 0.05) is 0 Å². The monoisotopic (exact) mass is 275 g/mol. The summed E-state index contributed by atoms with van der Waals surface area (Å²) in [5, 5.41) is 0. The molecule has 0 saturated carbocycles. The van der Waals surface area contributed by atoms with Gasteiger partial charge in [0.15, 0.2) is 17.7 Å². The van der Waals surface area contributed by atoms with E-state index in [0.29, 0.717) is 0 Å². The van der Waals surface area contributed by atoms with Crippen molar-refractivity contribution >= 4 is 6.29 Å². The zero-order chi connectivity index (χ0) is 14.1. The van der Waals surface area contributed by atoms with Gasteiger partial charge >= 0.3 is 12.5 Å². The lowest BCUT2D eigenvalue weighted by atomic mass is 10.2. The molecule has 0 aliphatic carbocycles. The van der Waals surface area contributed by atoms with Crippen molar-refractivity contribution in [1.29, 1.82) is 0 Å². The molecule has 10 heteroatoms. The predicted molar refractivity (Wildman–Crippen MR) is 44.1 cm³/mol. The fourth-order valence-corrected chi connectivity index (χ4v) is 1.03. The summed E-state index contributed by atoms with van der Waals surface area (Å²) in [5.74, 6) is -1.70. The van der Waals surface area contributed by atoms with Gasteiger partial charge in [-0.25, -0.2) is 0 Å². The highest BCUT2D eigenvalue weighted by Crippen LogP contribution is 2.36. The number of halogens is 6. The first-order valence-electron chi connectivity index (χ1n) is 4.10. The quantitative estimate of drug-likeness (QED) is 0.664. The van der Waals surface area contributed by atoms with Gasteiger partial charge in [-0.15, -0.1) is 13.2 Å². The maximum atomic E-state index is 12.3. The summed E-state index contributed by atoms with van der Waals surface area (Å²) in [7, 11) is 0. The second-order valence-electron chi connectivity index (χ2n) is 2.96. The molecular formula is C8H3F6NO3. The lowest BCUT2D eigenvalue weighted by molar-refractivity contribution is -0.276. The minimum Gasteiger partial charge on any atom is -0.404 e. The smallest absolute Gasteiger partial charge is 0.404 e. The molecule has 1 aromatic rings. The van der Waals surface area contributed by atoms with Gasteiger partial charge < -0.3 is 9.72 Å². The first-order chi connectivity index (χ1) is 8.04. The van der Waals surface area contributed by atoms with Crippen LogP contribution in [0.5, 0.6) is 5.75 Å². The molecule has 1 N–H and O–H groups in total. The Bertz CT molecular complexity index is 515. The van der Waals surface area contributed by atoms with Crippen LogP contribution in [-0.4, -0.2) is 17.6 Å². The number of carbonyl (C=O) groups is 1. The van der Waals surface area contributed by atoms with E-state index in [2.05, 4.69) is 4.74 Å². The third kappa shape index (κ3) is 3.25. The van der Waals surface area contributed by atoms with Crippen LogP contribution >= 0.6 is 0 Å². The minimum absolute atomic E-state index is 0.0716. The molecule has 1 aromatic heterocycles. The normalized spacial score (nSPS) is 12.3. The number of hydrogen-bond acceptors (Lipinski definition) is 3. The second kappa shape index (κ2) is 4.35. The first kappa shape index (κ1) is 14.1. The summed E-state index contributed by atoms with van der Waals surface area (Å²) in [5.41, 5.74) is -4.40. The number of ether oxygens (including phenoxy) is 1. The summed E-state index contributed by atoms with van der Waals surface area (Å²) in [4.78, 5) is 22.3. The van der Waals surface area contributed by atoms with Gasteiger partial charge in [0.25, 0.3) is 5.56 Å². The molecule has 1 rings (SSSR count). The van der Waals surface area contributed by atoms with Crippen molar-refractivity contribution < 1.29 is 35.9 Å². The molecule has 0 radical (unpaired) electrons. The highest BCUT2D eigenvalue weighted by atomic mass is 19.4. The Hall–Kier alpha value is -2.00. The van der Waals surface area contributed by atoms with Gasteiger partial charge in [0.1, 0.15) is 0 Å². The van der Waals surface area contributed by atoms with Crippen molar-refractivity contribution in [3.05, 3.63) is 27.7 Å². The van der Waals surface area contributed by atoms with Crippen LogP contribution in [0, 0.1) is 0 Å². The number of nitrogens with one attached hydrogen (secondary N) is 1. The van der Waals surface area contributed by atoms with E-state index in [9.17, 15) is 35.9 Å². The molecule has 0 saturated heterocycles. The first-order valence-corrected chi connectivity index (χ1v) is 4.10. The number of aromatic amines is 1. The molecule has 0 spiro atoms. The third-order valence-corrected chi connectivity index (χ3v) is 1.67. The fourth-order valence-electron chi connectivity index (χ4n) is 1.03. The number of pyridine rings is 1. The zero-order valence-corrected chi connectivity index (χ0v) is 8.15. The highest BCUT2D eigenvalue weighted by molar-refractivity contribution is 5.75. The average molecular weight is 275 g/mol. The number of alkyl halides is 6. The Kier molecular flexibility index (Phi) is 3.40. The Morgan fingerprint density at radius 2 is 1.72 bits per heavy atom. The summed E-state index contributed by atoms with van der Waals surface area (Å²) in [6.45, 7) is 0. The summed E-state index contributed by atoms with van der Waals surface area (Å²) < 4.78 is 75.7. The van der Waals surface area contributed by atoms with Gasteiger partial charge in [0.05, 0.1) is 5.56 Å². The molecule has 0 amide bonds. The molecule has 4 nitrogen and oxygen atoms in total. The largest absolute Gasteiger partial charge is 0.573 e. The van der Waals surface area contributed by atoms with Crippen LogP contribution in [0.1, 0.15) is 16.1 Å². The van der Waals surface area contributed by atoms with E-state index in [1.54, 1.807) is 0 Å². The van der Waals surface area contributed by atoms with Crippen LogP contribution < -0.4 is 10.3 Å². The maximum absolute atomic E-state index is 12.3. The van der Waals surface area contributed by atoms with E-state index in [1.165, 1.54) is 0 Å². The molecule has 0 fully saturated rings. The van der Waals surface area contributed by atoms with E-state index in [1.807, 2.05) is 0 Å². The molecule has 18 heavy (non-hydrogen) atoms. The Morgan fingerprint density at radius 3 is 2.11 bits per heavy atom. The third-order valence-electron chi connectivity index (χ3n) is 1.67. The molecule has 0 aliphatic heterocycles. The van der Waals surface area contributed by atoms with Crippen LogP contribution in [0.15, 0.2) is 10.9 Å². The molecule has 0 aromatic carbocycles. The Labute approximate surface area is 94.2 Å². The van der Waals surface area contributed by atoms with Crippen molar-refractivity contribution in [2.24, 2.45) is 0 Å². The predicted octanol–water partition coefficient (Wildman–Crippen LogP) is 2.10. The molecule has 1 heterocycles. The van der Waals surface area contributed by atoms with Gasteiger partial charge in [-0.3, -0.25) is 9.59 Å². The summed E-state index contributed by atoms with van der Waals surface area (Å²) >= 11 is 0. The van der Waals surface area contributed by atoms with E-state index in [-0.39, 0.29) is 12.4 Å². The van der Waals surface area contributed by atoms with E-state index < -0.39 is 35.1 Å². The molecule has 0 atom stereocenters. The van der Waals surface area contributed by atoms with Gasteiger partial charge in [0.2, 0.25) is 0 Å². The second-order valence-corrected chi connectivity index (χ2v) is 2.96. The highest BCUT2D eigenvalue weighted by Gasteiger charge is 2.40. The molecular weight excluding hydrogens is 272 g/mol. The van der Waals surface area contributed by atoms with Crippen molar-refractivity contribution in [1.82, 2.24) is 4.98 Å². The van der Waals surface area contributed by atoms with E-state index in [4.69, 9.17) is 0 Å². The number of aromatic nitrogens is 1. The molecule has 0 bridgehead atoms. The van der Waals surface area contributed by atoms with Crippen molar-refractivity contribution in [2.45, 2.75) is 12.5 Å². The lowest BCUT2D eigenvalue weighted by Crippen LogP contribution is -2.25. The molecule has 0 aliphatic rings.